The summed E-state index contributed by atoms with van der Waals surface area (Å²) in [6.07, 6.45) is 1.67. The van der Waals surface area contributed by atoms with Crippen LogP contribution >= 0.6 is 11.8 Å². The zero-order valence-corrected chi connectivity index (χ0v) is 18.6. The Balaban J connectivity index is 1.35. The van der Waals surface area contributed by atoms with Crippen LogP contribution in [0.1, 0.15) is 17.7 Å². The van der Waals surface area contributed by atoms with Gasteiger partial charge >= 0.3 is 6.03 Å². The van der Waals surface area contributed by atoms with Crippen LogP contribution in [0.3, 0.4) is 0 Å². The van der Waals surface area contributed by atoms with E-state index in [1.807, 2.05) is 48.0 Å². The Morgan fingerprint density at radius 2 is 1.94 bits per heavy atom. The van der Waals surface area contributed by atoms with Crippen molar-refractivity contribution in [2.24, 2.45) is 7.05 Å². The van der Waals surface area contributed by atoms with Crippen molar-refractivity contribution < 1.29 is 14.3 Å². The van der Waals surface area contributed by atoms with E-state index in [0.29, 0.717) is 24.5 Å². The number of hydrogen-bond donors (Lipinski definition) is 2. The Morgan fingerprint density at radius 3 is 2.66 bits per heavy atom. The number of carbonyl (C=O) groups excluding carboxylic acids is 2. The van der Waals surface area contributed by atoms with Crippen LogP contribution in [0.5, 0.6) is 0 Å². The van der Waals surface area contributed by atoms with E-state index in [4.69, 9.17) is 4.74 Å². The van der Waals surface area contributed by atoms with Gasteiger partial charge in [-0.1, -0.05) is 23.9 Å². The summed E-state index contributed by atoms with van der Waals surface area (Å²) in [6, 6.07) is 14.5. The minimum atomic E-state index is -0.342. The number of morpholine rings is 1. The topological polar surface area (TPSA) is 101 Å². The molecule has 2 aromatic carbocycles. The maximum Gasteiger partial charge on any atom is 0.323 e. The number of nitrogens with zero attached hydrogens (tertiary/aromatic N) is 4. The van der Waals surface area contributed by atoms with Gasteiger partial charge in [0, 0.05) is 35.9 Å². The standard InChI is InChI=1S/C22H24N6O3S/c1-15(32-22-26-23-14-27(22)2)16-4-3-5-18(12-16)25-21(30)24-17-6-8-19(9-7-17)28-10-11-31-13-20(28)29/h3-9,12,14-15H,10-11,13H2,1-2H3,(H2,24,25,30). The predicted molar refractivity (Wildman–Crippen MR) is 124 cm³/mol. The lowest BCUT2D eigenvalue weighted by molar-refractivity contribution is -0.125. The number of aryl methyl sites for hydroxylation is 1. The van der Waals surface area contributed by atoms with Crippen LogP contribution in [-0.2, 0) is 16.6 Å². The fourth-order valence-electron chi connectivity index (χ4n) is 3.28. The number of rotatable bonds is 6. The van der Waals surface area contributed by atoms with E-state index in [-0.39, 0.29) is 23.8 Å². The maximum atomic E-state index is 12.5. The normalized spacial score (nSPS) is 14.8. The van der Waals surface area contributed by atoms with Crippen LogP contribution in [-0.4, -0.2) is 46.5 Å². The highest BCUT2D eigenvalue weighted by Gasteiger charge is 2.20. The van der Waals surface area contributed by atoms with E-state index in [1.165, 1.54) is 0 Å². The molecule has 1 aromatic heterocycles. The molecule has 32 heavy (non-hydrogen) atoms. The molecule has 3 amide bonds. The average Bonchev–Trinajstić information content (AvgIpc) is 3.19. The molecular formula is C22H24N6O3S. The summed E-state index contributed by atoms with van der Waals surface area (Å²) in [5.41, 5.74) is 3.18. The number of ether oxygens (including phenoxy) is 1. The summed E-state index contributed by atoms with van der Waals surface area (Å²) in [5, 5.41) is 14.7. The van der Waals surface area contributed by atoms with Crippen molar-refractivity contribution in [1.82, 2.24) is 14.8 Å². The highest BCUT2D eigenvalue weighted by molar-refractivity contribution is 7.99. The molecule has 0 radical (unpaired) electrons. The average molecular weight is 453 g/mol. The van der Waals surface area contributed by atoms with Gasteiger partial charge in [0.05, 0.1) is 6.61 Å². The largest absolute Gasteiger partial charge is 0.370 e. The quantitative estimate of drug-likeness (QED) is 0.554. The molecule has 1 unspecified atom stereocenters. The third-order valence-corrected chi connectivity index (χ3v) is 6.19. The van der Waals surface area contributed by atoms with E-state index < -0.39 is 0 Å². The Kier molecular flexibility index (Phi) is 6.72. The van der Waals surface area contributed by atoms with E-state index >= 15 is 0 Å². The molecule has 1 fully saturated rings. The zero-order valence-electron chi connectivity index (χ0n) is 17.8. The summed E-state index contributed by atoms with van der Waals surface area (Å²) < 4.78 is 7.03. The summed E-state index contributed by atoms with van der Waals surface area (Å²) in [4.78, 5) is 26.1. The van der Waals surface area contributed by atoms with Crippen molar-refractivity contribution in [1.29, 1.82) is 0 Å². The fourth-order valence-corrected chi connectivity index (χ4v) is 4.19. The van der Waals surface area contributed by atoms with Crippen molar-refractivity contribution in [3.8, 4) is 0 Å². The van der Waals surface area contributed by atoms with Gasteiger partial charge in [-0.3, -0.25) is 4.79 Å². The first kappa shape index (κ1) is 21.8. The Bertz CT molecular complexity index is 1100. The summed E-state index contributed by atoms with van der Waals surface area (Å²) >= 11 is 1.60. The molecule has 0 bridgehead atoms. The second-order valence-electron chi connectivity index (χ2n) is 7.33. The minimum Gasteiger partial charge on any atom is -0.370 e. The molecule has 0 aliphatic carbocycles. The molecular weight excluding hydrogens is 428 g/mol. The lowest BCUT2D eigenvalue weighted by Crippen LogP contribution is -2.41. The van der Waals surface area contributed by atoms with E-state index in [9.17, 15) is 9.59 Å². The van der Waals surface area contributed by atoms with Gasteiger partial charge in [-0.05, 0) is 48.9 Å². The van der Waals surface area contributed by atoms with Gasteiger partial charge in [-0.25, -0.2) is 4.79 Å². The Hall–Kier alpha value is -3.37. The van der Waals surface area contributed by atoms with Crippen molar-refractivity contribution in [3.05, 3.63) is 60.4 Å². The number of carbonyl (C=O) groups is 2. The number of nitrogens with one attached hydrogen (secondary N) is 2. The first-order chi connectivity index (χ1) is 15.5. The monoisotopic (exact) mass is 452 g/mol. The molecule has 2 N–H and O–H groups in total. The molecule has 4 rings (SSSR count). The van der Waals surface area contributed by atoms with Gasteiger partial charge in [-0.2, -0.15) is 0 Å². The smallest absolute Gasteiger partial charge is 0.323 e. The molecule has 1 atom stereocenters. The third-order valence-electron chi connectivity index (χ3n) is 4.99. The van der Waals surface area contributed by atoms with Gasteiger partial charge < -0.3 is 24.8 Å². The lowest BCUT2D eigenvalue weighted by atomic mass is 10.1. The molecule has 166 valence electrons. The Labute approximate surface area is 190 Å². The molecule has 0 spiro atoms. The van der Waals surface area contributed by atoms with Crippen LogP contribution in [0, 0.1) is 0 Å². The van der Waals surface area contributed by atoms with Gasteiger partial charge in [0.15, 0.2) is 5.16 Å². The van der Waals surface area contributed by atoms with Gasteiger partial charge in [0.25, 0.3) is 5.91 Å². The van der Waals surface area contributed by atoms with Gasteiger partial charge in [0.1, 0.15) is 12.9 Å². The lowest BCUT2D eigenvalue weighted by Gasteiger charge is -2.26. The highest BCUT2D eigenvalue weighted by atomic mass is 32.2. The number of benzene rings is 2. The van der Waals surface area contributed by atoms with Crippen molar-refractivity contribution >= 4 is 40.8 Å². The third kappa shape index (κ3) is 5.27. The van der Waals surface area contributed by atoms with Gasteiger partial charge in [0.2, 0.25) is 0 Å². The van der Waals surface area contributed by atoms with Crippen LogP contribution < -0.4 is 15.5 Å². The summed E-state index contributed by atoms with van der Waals surface area (Å²) in [7, 11) is 1.91. The van der Waals surface area contributed by atoms with Crippen molar-refractivity contribution in [3.63, 3.8) is 0 Å². The first-order valence-corrected chi connectivity index (χ1v) is 11.0. The van der Waals surface area contributed by atoms with Crippen molar-refractivity contribution in [2.75, 3.05) is 35.3 Å². The molecule has 1 aliphatic rings. The molecule has 1 saturated heterocycles. The molecule has 2 heterocycles. The van der Waals surface area contributed by atoms with Crippen molar-refractivity contribution in [2.45, 2.75) is 17.3 Å². The summed E-state index contributed by atoms with van der Waals surface area (Å²) in [6.45, 7) is 3.22. The first-order valence-electron chi connectivity index (χ1n) is 10.2. The zero-order chi connectivity index (χ0) is 22.5. The number of anilines is 3. The maximum absolute atomic E-state index is 12.5. The number of hydrogen-bond acceptors (Lipinski definition) is 6. The second kappa shape index (κ2) is 9.84. The van der Waals surface area contributed by atoms with Crippen LogP contribution in [0.25, 0.3) is 0 Å². The van der Waals surface area contributed by atoms with Crippen LogP contribution in [0.2, 0.25) is 0 Å². The molecule has 9 nitrogen and oxygen atoms in total. The fraction of sp³-hybridized carbons (Fsp3) is 0.273. The molecule has 1 aliphatic heterocycles. The molecule has 0 saturated carbocycles. The van der Waals surface area contributed by atoms with E-state index in [1.54, 1.807) is 35.1 Å². The van der Waals surface area contributed by atoms with Gasteiger partial charge in [-0.15, -0.1) is 10.2 Å². The second-order valence-corrected chi connectivity index (χ2v) is 8.64. The highest BCUT2D eigenvalue weighted by Crippen LogP contribution is 2.34. The number of thioether (sulfide) groups is 1. The number of amides is 3. The molecule has 10 heteroatoms. The Morgan fingerprint density at radius 1 is 1.16 bits per heavy atom. The predicted octanol–water partition coefficient (Wildman–Crippen LogP) is 3.68. The minimum absolute atomic E-state index is 0.0684. The van der Waals surface area contributed by atoms with E-state index in [0.717, 1.165) is 16.4 Å². The number of urea groups is 1. The number of aromatic nitrogens is 3. The van der Waals surface area contributed by atoms with E-state index in [2.05, 4.69) is 27.8 Å². The SMILES string of the molecule is CC(Sc1nncn1C)c1cccc(NC(=O)Nc2ccc(N3CCOCC3=O)cc2)c1. The van der Waals surface area contributed by atoms with Crippen LogP contribution in [0.15, 0.2) is 60.0 Å². The van der Waals surface area contributed by atoms with Crippen LogP contribution in [0.4, 0.5) is 21.9 Å². The summed E-state index contributed by atoms with van der Waals surface area (Å²) in [5.74, 6) is -0.0684. The molecule has 3 aromatic rings.